The zero-order valence-electron chi connectivity index (χ0n) is 10.7. The highest BCUT2D eigenvalue weighted by atomic mass is 35.5. The minimum absolute atomic E-state index is 0. The number of phenols is 1. The Kier molecular flexibility index (Phi) is 6.08. The quantitative estimate of drug-likeness (QED) is 0.652. The average molecular weight is 275 g/mol. The van der Waals surface area contributed by atoms with E-state index in [2.05, 4.69) is 0 Å². The van der Waals surface area contributed by atoms with Gasteiger partial charge in [-0.1, -0.05) is 26.0 Å². The predicted molar refractivity (Wildman–Crippen MR) is 73.1 cm³/mol. The topological polar surface area (TPSA) is 89.4 Å². The molecule has 0 aromatic heterocycles. The Balaban J connectivity index is 0.00000289. The fourth-order valence-corrected chi connectivity index (χ4v) is 1.86. The molecule has 0 aliphatic carbocycles. The number of benzene rings is 1. The van der Waals surface area contributed by atoms with E-state index in [1.54, 1.807) is 19.1 Å². The molecule has 1 aromatic rings. The molecule has 0 saturated carbocycles. The summed E-state index contributed by atoms with van der Waals surface area (Å²) in [6, 6.07) is 2.90. The number of aryl methyl sites for hydroxylation is 1. The van der Waals surface area contributed by atoms with E-state index >= 15 is 0 Å². The van der Waals surface area contributed by atoms with E-state index in [9.17, 15) is 15.2 Å². The third-order valence-corrected chi connectivity index (χ3v) is 2.69. The molecule has 5 nitrogen and oxygen atoms in total. The normalized spacial score (nSPS) is 12.1. The molecule has 0 aliphatic heterocycles. The van der Waals surface area contributed by atoms with E-state index in [-0.39, 0.29) is 29.9 Å². The van der Waals surface area contributed by atoms with Crippen LogP contribution in [0.3, 0.4) is 0 Å². The van der Waals surface area contributed by atoms with Crippen molar-refractivity contribution in [1.29, 1.82) is 0 Å². The van der Waals surface area contributed by atoms with Crippen LogP contribution >= 0.6 is 12.4 Å². The molecular formula is C12H19ClN2O3. The zero-order chi connectivity index (χ0) is 13.2. The summed E-state index contributed by atoms with van der Waals surface area (Å²) in [5.41, 5.74) is 6.56. The lowest BCUT2D eigenvalue weighted by Gasteiger charge is -2.16. The molecule has 6 heteroatoms. The van der Waals surface area contributed by atoms with Gasteiger partial charge in [-0.05, 0) is 19.3 Å². The summed E-state index contributed by atoms with van der Waals surface area (Å²) in [4.78, 5) is 10.3. The number of nitrogens with two attached hydrogens (primary N) is 1. The Labute approximate surface area is 113 Å². The number of rotatable bonds is 4. The lowest BCUT2D eigenvalue weighted by atomic mass is 9.95. The van der Waals surface area contributed by atoms with Gasteiger partial charge in [0.25, 0.3) is 0 Å². The minimum Gasteiger partial charge on any atom is -0.502 e. The van der Waals surface area contributed by atoms with Crippen molar-refractivity contribution in [2.24, 2.45) is 11.7 Å². The third-order valence-electron chi connectivity index (χ3n) is 2.69. The van der Waals surface area contributed by atoms with Crippen molar-refractivity contribution in [2.45, 2.75) is 33.2 Å². The first-order valence-electron chi connectivity index (χ1n) is 5.57. The van der Waals surface area contributed by atoms with Gasteiger partial charge in [-0.15, -0.1) is 12.4 Å². The molecule has 0 amide bonds. The van der Waals surface area contributed by atoms with E-state index in [0.717, 1.165) is 0 Å². The van der Waals surface area contributed by atoms with E-state index in [4.69, 9.17) is 5.73 Å². The monoisotopic (exact) mass is 274 g/mol. The SMILES string of the molecule is Cc1ccc([C@@H](N)CC(C)C)c(O)c1[N+](=O)[O-].Cl. The summed E-state index contributed by atoms with van der Waals surface area (Å²) in [6.07, 6.45) is 0.674. The summed E-state index contributed by atoms with van der Waals surface area (Å²) in [7, 11) is 0. The first-order valence-corrected chi connectivity index (χ1v) is 5.57. The number of phenolic OH excluding ortho intramolecular Hbond substituents is 1. The van der Waals surface area contributed by atoms with Crippen LogP contribution < -0.4 is 5.73 Å². The summed E-state index contributed by atoms with van der Waals surface area (Å²) in [5, 5.41) is 20.7. The van der Waals surface area contributed by atoms with Gasteiger partial charge in [-0.3, -0.25) is 10.1 Å². The van der Waals surface area contributed by atoms with Crippen molar-refractivity contribution in [3.8, 4) is 5.75 Å². The van der Waals surface area contributed by atoms with Crippen LogP contribution in [-0.4, -0.2) is 10.0 Å². The van der Waals surface area contributed by atoms with Crippen LogP contribution in [0.2, 0.25) is 0 Å². The van der Waals surface area contributed by atoms with Gasteiger partial charge in [-0.25, -0.2) is 0 Å². The van der Waals surface area contributed by atoms with E-state index in [1.807, 2.05) is 13.8 Å². The minimum atomic E-state index is -0.573. The fourth-order valence-electron chi connectivity index (χ4n) is 1.86. The Bertz CT molecular complexity index is 436. The molecule has 18 heavy (non-hydrogen) atoms. The molecule has 0 aliphatic rings. The Hall–Kier alpha value is -1.33. The van der Waals surface area contributed by atoms with Crippen molar-refractivity contribution >= 4 is 18.1 Å². The Morgan fingerprint density at radius 2 is 2.00 bits per heavy atom. The summed E-state index contributed by atoms with van der Waals surface area (Å²) < 4.78 is 0. The van der Waals surface area contributed by atoms with E-state index in [0.29, 0.717) is 23.5 Å². The molecule has 0 bridgehead atoms. The summed E-state index contributed by atoms with van der Waals surface area (Å²) in [6.45, 7) is 5.62. The molecule has 0 unspecified atom stereocenters. The number of nitro groups is 1. The lowest BCUT2D eigenvalue weighted by Crippen LogP contribution is -2.13. The van der Waals surface area contributed by atoms with Gasteiger partial charge in [-0.2, -0.15) is 0 Å². The van der Waals surface area contributed by atoms with Crippen molar-refractivity contribution in [3.63, 3.8) is 0 Å². The fraction of sp³-hybridized carbons (Fsp3) is 0.500. The molecule has 0 spiro atoms. The third kappa shape index (κ3) is 3.58. The maximum Gasteiger partial charge on any atom is 0.313 e. The van der Waals surface area contributed by atoms with Crippen molar-refractivity contribution < 1.29 is 10.0 Å². The van der Waals surface area contributed by atoms with Gasteiger partial charge in [0.1, 0.15) is 0 Å². The second-order valence-corrected chi connectivity index (χ2v) is 4.66. The molecule has 0 saturated heterocycles. The number of halogens is 1. The largest absolute Gasteiger partial charge is 0.502 e. The molecule has 102 valence electrons. The van der Waals surface area contributed by atoms with Gasteiger partial charge in [0.2, 0.25) is 0 Å². The van der Waals surface area contributed by atoms with Crippen molar-refractivity contribution in [3.05, 3.63) is 33.4 Å². The maximum atomic E-state index is 10.8. The molecule has 1 atom stereocenters. The number of nitrogens with zero attached hydrogens (tertiary/aromatic N) is 1. The molecule has 1 rings (SSSR count). The average Bonchev–Trinajstić information content (AvgIpc) is 2.15. The van der Waals surface area contributed by atoms with Gasteiger partial charge in [0, 0.05) is 17.2 Å². The number of nitro benzene ring substituents is 1. The molecular weight excluding hydrogens is 256 g/mol. The van der Waals surface area contributed by atoms with E-state index in [1.165, 1.54) is 0 Å². The van der Waals surface area contributed by atoms with Crippen molar-refractivity contribution in [1.82, 2.24) is 0 Å². The number of hydrogen-bond acceptors (Lipinski definition) is 4. The Morgan fingerprint density at radius 1 is 1.44 bits per heavy atom. The molecule has 0 heterocycles. The van der Waals surface area contributed by atoms with Gasteiger partial charge in [0.05, 0.1) is 4.92 Å². The molecule has 1 aromatic carbocycles. The standard InChI is InChI=1S/C12H18N2O3.ClH/c1-7(2)6-10(13)9-5-4-8(3)11(12(9)15)14(16)17;/h4-5,7,10,15H,6,13H2,1-3H3;1H/t10-;/m0./s1. The van der Waals surface area contributed by atoms with Gasteiger partial charge < -0.3 is 10.8 Å². The van der Waals surface area contributed by atoms with Crippen LogP contribution in [-0.2, 0) is 0 Å². The van der Waals surface area contributed by atoms with Crippen molar-refractivity contribution in [2.75, 3.05) is 0 Å². The molecule has 3 N–H and O–H groups in total. The highest BCUT2D eigenvalue weighted by Crippen LogP contribution is 2.37. The first-order chi connectivity index (χ1) is 7.84. The van der Waals surface area contributed by atoms with Crippen LogP contribution in [0, 0.1) is 23.0 Å². The highest BCUT2D eigenvalue weighted by Gasteiger charge is 2.23. The second kappa shape index (κ2) is 6.56. The van der Waals surface area contributed by atoms with Gasteiger partial charge >= 0.3 is 5.69 Å². The lowest BCUT2D eigenvalue weighted by molar-refractivity contribution is -0.386. The predicted octanol–water partition coefficient (Wildman–Crippen LogP) is 3.08. The molecule has 0 radical (unpaired) electrons. The molecule has 0 fully saturated rings. The highest BCUT2D eigenvalue weighted by molar-refractivity contribution is 5.85. The number of hydrogen-bond donors (Lipinski definition) is 2. The Morgan fingerprint density at radius 3 is 2.44 bits per heavy atom. The maximum absolute atomic E-state index is 10.8. The van der Waals surface area contributed by atoms with Gasteiger partial charge in [0.15, 0.2) is 5.75 Å². The van der Waals surface area contributed by atoms with Crippen LogP contribution in [0.25, 0.3) is 0 Å². The van der Waals surface area contributed by atoms with Crippen LogP contribution in [0.15, 0.2) is 12.1 Å². The van der Waals surface area contributed by atoms with Crippen LogP contribution in [0.5, 0.6) is 5.75 Å². The second-order valence-electron chi connectivity index (χ2n) is 4.66. The number of aromatic hydroxyl groups is 1. The van der Waals surface area contributed by atoms with Crippen LogP contribution in [0.1, 0.15) is 37.4 Å². The van der Waals surface area contributed by atoms with Crippen LogP contribution in [0.4, 0.5) is 5.69 Å². The summed E-state index contributed by atoms with van der Waals surface area (Å²) in [5.74, 6) is 0.0629. The summed E-state index contributed by atoms with van der Waals surface area (Å²) >= 11 is 0. The zero-order valence-corrected chi connectivity index (χ0v) is 11.5. The first kappa shape index (κ1) is 16.7. The smallest absolute Gasteiger partial charge is 0.313 e. The van der Waals surface area contributed by atoms with E-state index < -0.39 is 4.92 Å².